The zero-order valence-corrected chi connectivity index (χ0v) is 10.7. The highest BCUT2D eigenvalue weighted by Gasteiger charge is 2.44. The lowest BCUT2D eigenvalue weighted by Crippen LogP contribution is -2.29. The van der Waals surface area contributed by atoms with Crippen molar-refractivity contribution in [1.82, 2.24) is 0 Å². The van der Waals surface area contributed by atoms with Crippen LogP contribution in [0.15, 0.2) is 47.6 Å². The van der Waals surface area contributed by atoms with Crippen molar-refractivity contribution in [2.75, 3.05) is 6.61 Å². The van der Waals surface area contributed by atoms with Gasteiger partial charge in [0, 0.05) is 11.5 Å². The summed E-state index contributed by atoms with van der Waals surface area (Å²) in [7, 11) is 0. The summed E-state index contributed by atoms with van der Waals surface area (Å²) in [6.07, 6.45) is 4.66. The summed E-state index contributed by atoms with van der Waals surface area (Å²) in [5.74, 6) is -0.00789. The Morgan fingerprint density at radius 2 is 2.11 bits per heavy atom. The van der Waals surface area contributed by atoms with Crippen LogP contribution in [0.5, 0.6) is 0 Å². The third-order valence-electron chi connectivity index (χ3n) is 4.11. The van der Waals surface area contributed by atoms with Gasteiger partial charge in [-0.2, -0.15) is 5.26 Å². The summed E-state index contributed by atoms with van der Waals surface area (Å²) in [5.41, 5.74) is 2.41. The molecular formula is C16H14FNO. The Morgan fingerprint density at radius 1 is 1.37 bits per heavy atom. The second kappa shape index (κ2) is 4.32. The predicted octanol–water partition coefficient (Wildman–Crippen LogP) is 3.47. The molecule has 0 bridgehead atoms. The monoisotopic (exact) mass is 255 g/mol. The number of fused-ring (bicyclic) bond motifs is 1. The van der Waals surface area contributed by atoms with Gasteiger partial charge in [0.05, 0.1) is 18.3 Å². The Bertz CT molecular complexity index is 609. The molecule has 1 aromatic carbocycles. The molecule has 1 aliphatic heterocycles. The molecule has 96 valence electrons. The molecule has 19 heavy (non-hydrogen) atoms. The number of ether oxygens (including phenoxy) is 1. The van der Waals surface area contributed by atoms with Gasteiger partial charge in [-0.3, -0.25) is 0 Å². The number of hydrogen-bond acceptors (Lipinski definition) is 2. The van der Waals surface area contributed by atoms with Crippen LogP contribution in [-0.2, 0) is 10.3 Å². The third kappa shape index (κ3) is 1.89. The van der Waals surface area contributed by atoms with Crippen molar-refractivity contribution >= 4 is 0 Å². The lowest BCUT2D eigenvalue weighted by atomic mass is 9.76. The zero-order valence-electron chi connectivity index (χ0n) is 10.7. The smallest absolute Gasteiger partial charge is 0.123 e. The molecule has 2 nitrogen and oxygen atoms in total. The van der Waals surface area contributed by atoms with Crippen molar-refractivity contribution < 1.29 is 9.13 Å². The fourth-order valence-electron chi connectivity index (χ4n) is 2.95. The van der Waals surface area contributed by atoms with E-state index in [0.29, 0.717) is 12.2 Å². The van der Waals surface area contributed by atoms with Crippen LogP contribution in [0.1, 0.15) is 18.9 Å². The summed E-state index contributed by atoms with van der Waals surface area (Å²) in [5, 5.41) is 8.94. The van der Waals surface area contributed by atoms with Gasteiger partial charge in [-0.15, -0.1) is 0 Å². The molecule has 1 saturated heterocycles. The van der Waals surface area contributed by atoms with Gasteiger partial charge in [-0.05, 0) is 42.7 Å². The molecule has 0 N–H and O–H groups in total. The van der Waals surface area contributed by atoms with Crippen molar-refractivity contribution in [2.45, 2.75) is 18.9 Å². The molecule has 2 aliphatic rings. The van der Waals surface area contributed by atoms with Gasteiger partial charge in [0.2, 0.25) is 0 Å². The van der Waals surface area contributed by atoms with E-state index in [-0.39, 0.29) is 11.7 Å². The number of nitrogens with zero attached hydrogens (tertiary/aromatic N) is 1. The first kappa shape index (κ1) is 12.1. The van der Waals surface area contributed by atoms with E-state index in [1.54, 1.807) is 12.1 Å². The molecule has 2 unspecified atom stereocenters. The molecule has 1 aliphatic carbocycles. The van der Waals surface area contributed by atoms with Crippen LogP contribution in [0, 0.1) is 23.1 Å². The fraction of sp³-hybridized carbons (Fsp3) is 0.312. The molecule has 0 saturated carbocycles. The maximum atomic E-state index is 13.0. The SMILES string of the molecule is CC1(c2ccc(F)cc2)OCC2=CC(C#N)=CCC21. The fourth-order valence-corrected chi connectivity index (χ4v) is 2.95. The average molecular weight is 255 g/mol. The highest BCUT2D eigenvalue weighted by Crippen LogP contribution is 2.47. The van der Waals surface area contributed by atoms with Crippen LogP contribution in [0.2, 0.25) is 0 Å². The number of nitriles is 1. The number of hydrogen-bond donors (Lipinski definition) is 0. The topological polar surface area (TPSA) is 33.0 Å². The van der Waals surface area contributed by atoms with Gasteiger partial charge in [0.1, 0.15) is 5.82 Å². The van der Waals surface area contributed by atoms with E-state index in [1.807, 2.05) is 19.1 Å². The predicted molar refractivity (Wildman–Crippen MR) is 69.6 cm³/mol. The number of benzene rings is 1. The molecule has 1 fully saturated rings. The van der Waals surface area contributed by atoms with Crippen molar-refractivity contribution in [3.63, 3.8) is 0 Å². The van der Waals surface area contributed by atoms with Crippen LogP contribution in [-0.4, -0.2) is 6.61 Å². The number of rotatable bonds is 1. The largest absolute Gasteiger partial charge is 0.366 e. The molecule has 0 radical (unpaired) electrons. The average Bonchev–Trinajstić information content (AvgIpc) is 2.78. The standard InChI is InChI=1S/C16H14FNO/c1-16(13-3-5-14(17)6-4-13)15-7-2-11(9-18)8-12(15)10-19-16/h2-6,8,15H,7,10H2,1H3. The van der Waals surface area contributed by atoms with Crippen molar-refractivity contribution in [3.05, 3.63) is 58.9 Å². The lowest BCUT2D eigenvalue weighted by molar-refractivity contribution is -0.00941. The summed E-state index contributed by atoms with van der Waals surface area (Å²) in [6.45, 7) is 2.58. The van der Waals surface area contributed by atoms with Crippen LogP contribution in [0.25, 0.3) is 0 Å². The highest BCUT2D eigenvalue weighted by molar-refractivity contribution is 5.43. The van der Waals surface area contributed by atoms with E-state index in [9.17, 15) is 4.39 Å². The zero-order chi connectivity index (χ0) is 13.5. The Balaban J connectivity index is 1.96. The summed E-state index contributed by atoms with van der Waals surface area (Å²) in [6, 6.07) is 8.66. The number of halogens is 1. The second-order valence-electron chi connectivity index (χ2n) is 5.18. The first-order valence-corrected chi connectivity index (χ1v) is 6.34. The Labute approximate surface area is 111 Å². The normalized spacial score (nSPS) is 29.2. The maximum Gasteiger partial charge on any atom is 0.123 e. The van der Waals surface area contributed by atoms with Crippen molar-refractivity contribution in [3.8, 4) is 6.07 Å². The van der Waals surface area contributed by atoms with Gasteiger partial charge in [-0.25, -0.2) is 4.39 Å². The molecule has 3 heteroatoms. The second-order valence-corrected chi connectivity index (χ2v) is 5.18. The third-order valence-corrected chi connectivity index (χ3v) is 4.11. The van der Waals surface area contributed by atoms with Crippen LogP contribution in [0.3, 0.4) is 0 Å². The van der Waals surface area contributed by atoms with Crippen LogP contribution < -0.4 is 0 Å². The first-order valence-electron chi connectivity index (χ1n) is 6.34. The van der Waals surface area contributed by atoms with E-state index in [1.165, 1.54) is 12.1 Å². The van der Waals surface area contributed by atoms with Gasteiger partial charge < -0.3 is 4.74 Å². The summed E-state index contributed by atoms with van der Waals surface area (Å²) in [4.78, 5) is 0. The van der Waals surface area contributed by atoms with E-state index in [2.05, 4.69) is 6.07 Å². The van der Waals surface area contributed by atoms with Gasteiger partial charge in [0.25, 0.3) is 0 Å². The van der Waals surface area contributed by atoms with Crippen molar-refractivity contribution in [1.29, 1.82) is 5.26 Å². The van der Waals surface area contributed by atoms with Crippen molar-refractivity contribution in [2.24, 2.45) is 5.92 Å². The van der Waals surface area contributed by atoms with E-state index < -0.39 is 5.60 Å². The minimum Gasteiger partial charge on any atom is -0.366 e. The quantitative estimate of drug-likeness (QED) is 0.769. The molecule has 0 aromatic heterocycles. The highest BCUT2D eigenvalue weighted by atomic mass is 19.1. The molecule has 2 atom stereocenters. The number of allylic oxidation sites excluding steroid dienone is 3. The van der Waals surface area contributed by atoms with E-state index >= 15 is 0 Å². The van der Waals surface area contributed by atoms with E-state index in [0.717, 1.165) is 17.6 Å². The van der Waals surface area contributed by atoms with Crippen LogP contribution in [0.4, 0.5) is 4.39 Å². The van der Waals surface area contributed by atoms with Gasteiger partial charge in [0.15, 0.2) is 0 Å². The molecule has 0 spiro atoms. The van der Waals surface area contributed by atoms with Gasteiger partial charge in [-0.1, -0.05) is 18.2 Å². The van der Waals surface area contributed by atoms with E-state index in [4.69, 9.17) is 10.00 Å². The Morgan fingerprint density at radius 3 is 2.79 bits per heavy atom. The van der Waals surface area contributed by atoms with Gasteiger partial charge >= 0.3 is 0 Å². The molecule has 1 aromatic rings. The summed E-state index contributed by atoms with van der Waals surface area (Å²) >= 11 is 0. The molecule has 0 amide bonds. The summed E-state index contributed by atoms with van der Waals surface area (Å²) < 4.78 is 19.0. The molecular weight excluding hydrogens is 241 g/mol. The Hall–Kier alpha value is -1.92. The Kier molecular flexibility index (Phi) is 2.76. The molecule has 3 rings (SSSR count). The minimum atomic E-state index is -0.434. The lowest BCUT2D eigenvalue weighted by Gasteiger charge is -2.31. The van der Waals surface area contributed by atoms with Crippen LogP contribution >= 0.6 is 0 Å². The molecule has 1 heterocycles. The maximum absolute atomic E-state index is 13.0. The minimum absolute atomic E-state index is 0.232. The first-order chi connectivity index (χ1) is 9.13.